The fraction of sp³-hybridized carbons (Fsp3) is 0.0625. The number of anilines is 1. The zero-order valence-electron chi connectivity index (χ0n) is 10.9. The first-order valence-electron chi connectivity index (χ1n) is 6.23. The van der Waals surface area contributed by atoms with Crippen LogP contribution in [-0.2, 0) is 0 Å². The van der Waals surface area contributed by atoms with E-state index in [2.05, 4.69) is 5.32 Å². The molecule has 0 saturated carbocycles. The van der Waals surface area contributed by atoms with Gasteiger partial charge in [0.25, 0.3) is 5.91 Å². The minimum atomic E-state index is -0.125. The zero-order chi connectivity index (χ0) is 14.1. The largest absolute Gasteiger partial charge is 0.508 e. The van der Waals surface area contributed by atoms with Crippen LogP contribution in [0.2, 0.25) is 0 Å². The van der Waals surface area contributed by atoms with Crippen molar-refractivity contribution in [2.45, 2.75) is 6.92 Å². The van der Waals surface area contributed by atoms with Crippen molar-refractivity contribution in [3.05, 3.63) is 59.0 Å². The van der Waals surface area contributed by atoms with Crippen molar-refractivity contribution in [1.29, 1.82) is 0 Å². The van der Waals surface area contributed by atoms with Gasteiger partial charge in [0, 0.05) is 10.4 Å². The van der Waals surface area contributed by atoms with Crippen molar-refractivity contribution in [1.82, 2.24) is 0 Å². The fourth-order valence-corrected chi connectivity index (χ4v) is 3.02. The predicted octanol–water partition coefficient (Wildman–Crippen LogP) is 4.17. The van der Waals surface area contributed by atoms with Gasteiger partial charge >= 0.3 is 0 Å². The van der Waals surface area contributed by atoms with E-state index in [-0.39, 0.29) is 11.7 Å². The average molecular weight is 283 g/mol. The first-order chi connectivity index (χ1) is 9.63. The van der Waals surface area contributed by atoms with Crippen molar-refractivity contribution >= 4 is 33.0 Å². The molecule has 1 aromatic heterocycles. The van der Waals surface area contributed by atoms with Crippen LogP contribution in [0.15, 0.2) is 48.5 Å². The van der Waals surface area contributed by atoms with Gasteiger partial charge in [0.15, 0.2) is 0 Å². The standard InChI is InChI=1S/C16H13NO2S/c1-10-8-12(18)6-7-13(10)17-16(19)15-9-11-4-2-3-5-14(11)20-15/h2-9,18H,1H3,(H,17,19). The number of rotatable bonds is 2. The summed E-state index contributed by atoms with van der Waals surface area (Å²) in [5, 5.41) is 13.3. The summed E-state index contributed by atoms with van der Waals surface area (Å²) in [7, 11) is 0. The molecule has 3 rings (SSSR count). The molecular weight excluding hydrogens is 270 g/mol. The maximum Gasteiger partial charge on any atom is 0.265 e. The molecule has 0 saturated heterocycles. The Kier molecular flexibility index (Phi) is 3.16. The summed E-state index contributed by atoms with van der Waals surface area (Å²) in [6, 6.07) is 14.7. The van der Waals surface area contributed by atoms with E-state index in [0.29, 0.717) is 10.6 Å². The third-order valence-corrected chi connectivity index (χ3v) is 4.22. The van der Waals surface area contributed by atoms with Gasteiger partial charge in [0.1, 0.15) is 5.75 Å². The molecule has 1 heterocycles. The molecule has 3 aromatic rings. The van der Waals surface area contributed by atoms with Gasteiger partial charge in [0.05, 0.1) is 4.88 Å². The van der Waals surface area contributed by atoms with E-state index in [4.69, 9.17) is 0 Å². The van der Waals surface area contributed by atoms with Crippen LogP contribution in [0.5, 0.6) is 5.75 Å². The van der Waals surface area contributed by atoms with E-state index in [9.17, 15) is 9.90 Å². The highest BCUT2D eigenvalue weighted by atomic mass is 32.1. The number of hydrogen-bond donors (Lipinski definition) is 2. The van der Waals surface area contributed by atoms with Crippen LogP contribution in [0.4, 0.5) is 5.69 Å². The summed E-state index contributed by atoms with van der Waals surface area (Å²) >= 11 is 1.47. The lowest BCUT2D eigenvalue weighted by Gasteiger charge is -2.07. The van der Waals surface area contributed by atoms with E-state index in [0.717, 1.165) is 15.6 Å². The summed E-state index contributed by atoms with van der Waals surface area (Å²) in [5.74, 6) is 0.0716. The monoisotopic (exact) mass is 283 g/mol. The van der Waals surface area contributed by atoms with Crippen LogP contribution in [0, 0.1) is 6.92 Å². The number of amides is 1. The molecule has 0 unspecified atom stereocenters. The van der Waals surface area contributed by atoms with E-state index in [1.54, 1.807) is 18.2 Å². The first kappa shape index (κ1) is 12.7. The molecule has 0 radical (unpaired) electrons. The van der Waals surface area contributed by atoms with Crippen LogP contribution >= 0.6 is 11.3 Å². The number of phenols is 1. The van der Waals surface area contributed by atoms with Crippen molar-refractivity contribution in [3.63, 3.8) is 0 Å². The Morgan fingerprint density at radius 2 is 1.95 bits per heavy atom. The minimum Gasteiger partial charge on any atom is -0.508 e. The van der Waals surface area contributed by atoms with Gasteiger partial charge in [-0.3, -0.25) is 4.79 Å². The predicted molar refractivity (Wildman–Crippen MR) is 82.6 cm³/mol. The summed E-state index contributed by atoms with van der Waals surface area (Å²) in [6.07, 6.45) is 0. The molecule has 0 aliphatic heterocycles. The third-order valence-electron chi connectivity index (χ3n) is 3.11. The Balaban J connectivity index is 1.89. The molecular formula is C16H13NO2S. The highest BCUT2D eigenvalue weighted by molar-refractivity contribution is 7.20. The van der Waals surface area contributed by atoms with Gasteiger partial charge in [-0.2, -0.15) is 0 Å². The molecule has 0 atom stereocenters. The third kappa shape index (κ3) is 2.38. The molecule has 0 fully saturated rings. The molecule has 100 valence electrons. The number of carbonyl (C=O) groups is 1. The van der Waals surface area contributed by atoms with E-state index in [1.165, 1.54) is 11.3 Å². The van der Waals surface area contributed by atoms with Crippen LogP contribution in [0.3, 0.4) is 0 Å². The number of thiophene rings is 1. The SMILES string of the molecule is Cc1cc(O)ccc1NC(=O)c1cc2ccccc2s1. The summed E-state index contributed by atoms with van der Waals surface area (Å²) in [4.78, 5) is 12.9. The van der Waals surface area contributed by atoms with Gasteiger partial charge < -0.3 is 10.4 Å². The molecule has 0 aliphatic rings. The van der Waals surface area contributed by atoms with Crippen molar-refractivity contribution in [2.75, 3.05) is 5.32 Å². The second kappa shape index (κ2) is 4.98. The smallest absolute Gasteiger partial charge is 0.265 e. The van der Waals surface area contributed by atoms with Crippen LogP contribution in [-0.4, -0.2) is 11.0 Å². The summed E-state index contributed by atoms with van der Waals surface area (Å²) in [5.41, 5.74) is 1.55. The molecule has 0 aliphatic carbocycles. The van der Waals surface area contributed by atoms with E-state index < -0.39 is 0 Å². The first-order valence-corrected chi connectivity index (χ1v) is 7.05. The lowest BCUT2D eigenvalue weighted by atomic mass is 10.2. The minimum absolute atomic E-state index is 0.125. The average Bonchev–Trinajstić information content (AvgIpc) is 2.86. The van der Waals surface area contributed by atoms with Crippen LogP contribution in [0.25, 0.3) is 10.1 Å². The number of fused-ring (bicyclic) bond motifs is 1. The fourth-order valence-electron chi connectivity index (χ4n) is 2.07. The molecule has 4 heteroatoms. The van der Waals surface area contributed by atoms with Gasteiger partial charge in [-0.05, 0) is 48.2 Å². The molecule has 20 heavy (non-hydrogen) atoms. The van der Waals surface area contributed by atoms with Gasteiger partial charge in [-0.1, -0.05) is 18.2 Å². The van der Waals surface area contributed by atoms with Crippen molar-refractivity contribution in [2.24, 2.45) is 0 Å². The van der Waals surface area contributed by atoms with E-state index in [1.807, 2.05) is 37.3 Å². The summed E-state index contributed by atoms with van der Waals surface area (Å²) in [6.45, 7) is 1.85. The number of aryl methyl sites for hydroxylation is 1. The van der Waals surface area contributed by atoms with Crippen LogP contribution < -0.4 is 5.32 Å². The molecule has 1 amide bonds. The van der Waals surface area contributed by atoms with Crippen LogP contribution in [0.1, 0.15) is 15.2 Å². The quantitative estimate of drug-likeness (QED) is 0.693. The summed E-state index contributed by atoms with van der Waals surface area (Å²) < 4.78 is 1.10. The Labute approximate surface area is 120 Å². The second-order valence-electron chi connectivity index (χ2n) is 4.60. The number of carbonyl (C=O) groups excluding carboxylic acids is 1. The maximum atomic E-state index is 12.3. The number of aromatic hydroxyl groups is 1. The molecule has 0 bridgehead atoms. The Morgan fingerprint density at radius 3 is 2.70 bits per heavy atom. The molecule has 3 nitrogen and oxygen atoms in total. The number of phenolic OH excluding ortho intramolecular Hbond substituents is 1. The topological polar surface area (TPSA) is 49.3 Å². The lowest BCUT2D eigenvalue weighted by molar-refractivity contribution is 0.103. The number of hydrogen-bond acceptors (Lipinski definition) is 3. The normalized spacial score (nSPS) is 10.7. The molecule has 0 spiro atoms. The molecule has 2 N–H and O–H groups in total. The lowest BCUT2D eigenvalue weighted by Crippen LogP contribution is -2.10. The van der Waals surface area contributed by atoms with Gasteiger partial charge in [0.2, 0.25) is 0 Å². The zero-order valence-corrected chi connectivity index (χ0v) is 11.7. The number of benzene rings is 2. The maximum absolute atomic E-state index is 12.3. The van der Waals surface area contributed by atoms with Gasteiger partial charge in [-0.25, -0.2) is 0 Å². The highest BCUT2D eigenvalue weighted by Crippen LogP contribution is 2.27. The highest BCUT2D eigenvalue weighted by Gasteiger charge is 2.11. The Bertz CT molecular complexity index is 759. The van der Waals surface area contributed by atoms with Gasteiger partial charge in [-0.15, -0.1) is 11.3 Å². The van der Waals surface area contributed by atoms with Crippen molar-refractivity contribution < 1.29 is 9.90 Å². The second-order valence-corrected chi connectivity index (χ2v) is 5.69. The number of nitrogens with one attached hydrogen (secondary N) is 1. The molecule has 2 aromatic carbocycles. The van der Waals surface area contributed by atoms with E-state index >= 15 is 0 Å². The van der Waals surface area contributed by atoms with Crippen molar-refractivity contribution in [3.8, 4) is 5.75 Å². The Hall–Kier alpha value is -2.33. The Morgan fingerprint density at radius 1 is 1.15 bits per heavy atom.